The minimum atomic E-state index is -0.445. The number of hydrogen-bond acceptors (Lipinski definition) is 5. The van der Waals surface area contributed by atoms with Crippen molar-refractivity contribution in [3.05, 3.63) is 56.6 Å². The fourth-order valence-electron chi connectivity index (χ4n) is 3.29. The topological polar surface area (TPSA) is 97.1 Å². The van der Waals surface area contributed by atoms with Gasteiger partial charge in [-0.05, 0) is 55.8 Å². The van der Waals surface area contributed by atoms with Crippen molar-refractivity contribution in [3.63, 3.8) is 0 Å². The minimum Gasteiger partial charge on any atom is -0.339 e. The summed E-state index contributed by atoms with van der Waals surface area (Å²) in [5, 5.41) is 17.9. The Labute approximate surface area is 161 Å². The summed E-state index contributed by atoms with van der Waals surface area (Å²) >= 11 is 5.24. The third-order valence-electron chi connectivity index (χ3n) is 4.80. The smallest absolute Gasteiger partial charge is 0.269 e. The minimum absolute atomic E-state index is 0.0328. The second-order valence-electron chi connectivity index (χ2n) is 6.41. The van der Waals surface area contributed by atoms with Gasteiger partial charge in [0.05, 0.1) is 4.92 Å². The van der Waals surface area contributed by atoms with Crippen LogP contribution >= 0.6 is 12.2 Å². The van der Waals surface area contributed by atoms with E-state index >= 15 is 0 Å². The van der Waals surface area contributed by atoms with E-state index < -0.39 is 4.92 Å². The molecule has 1 aromatic carbocycles. The van der Waals surface area contributed by atoms with Gasteiger partial charge in [-0.25, -0.2) is 0 Å². The first kappa shape index (κ1) is 19.0. The molecule has 8 nitrogen and oxygen atoms in total. The first-order chi connectivity index (χ1) is 13.0. The Morgan fingerprint density at radius 1 is 1.37 bits per heavy atom. The highest BCUT2D eigenvalue weighted by molar-refractivity contribution is 7.71. The van der Waals surface area contributed by atoms with Gasteiger partial charge in [0, 0.05) is 43.8 Å². The highest BCUT2D eigenvalue weighted by atomic mass is 32.1. The number of non-ortho nitro benzene ring substituents is 1. The zero-order valence-electron chi connectivity index (χ0n) is 15.0. The van der Waals surface area contributed by atoms with Gasteiger partial charge < -0.3 is 9.47 Å². The lowest BCUT2D eigenvalue weighted by Crippen LogP contribution is -2.37. The molecule has 9 heteroatoms. The van der Waals surface area contributed by atoms with Crippen LogP contribution in [0.4, 0.5) is 5.69 Å². The number of piperidine rings is 1. The Bertz CT molecular complexity index is 908. The van der Waals surface area contributed by atoms with Crippen molar-refractivity contribution in [2.75, 3.05) is 13.1 Å². The lowest BCUT2D eigenvalue weighted by molar-refractivity contribution is -0.384. The quantitative estimate of drug-likeness (QED) is 0.367. The third kappa shape index (κ3) is 4.30. The number of likely N-dealkylation sites (tertiary alicyclic amines) is 1. The number of nitrogens with zero attached hydrogens (tertiary/aromatic N) is 4. The second-order valence-corrected chi connectivity index (χ2v) is 6.80. The highest BCUT2D eigenvalue weighted by Crippen LogP contribution is 2.27. The largest absolute Gasteiger partial charge is 0.339 e. The first-order valence-electron chi connectivity index (χ1n) is 8.86. The molecule has 1 amide bonds. The molecule has 0 unspecified atom stereocenters. The van der Waals surface area contributed by atoms with Crippen molar-refractivity contribution in [1.29, 1.82) is 0 Å². The number of nitrogens with one attached hydrogen (secondary N) is 1. The molecule has 0 bridgehead atoms. The van der Waals surface area contributed by atoms with Gasteiger partial charge in [-0.15, -0.1) is 0 Å². The number of benzene rings is 1. The van der Waals surface area contributed by atoms with Crippen LogP contribution in [-0.4, -0.2) is 43.6 Å². The van der Waals surface area contributed by atoms with Crippen LogP contribution in [0.1, 0.15) is 37.1 Å². The van der Waals surface area contributed by atoms with Crippen LogP contribution in [0.15, 0.2) is 30.3 Å². The van der Waals surface area contributed by atoms with Crippen LogP contribution in [-0.2, 0) is 11.3 Å². The van der Waals surface area contributed by atoms with Gasteiger partial charge in [-0.1, -0.05) is 0 Å². The number of amides is 1. The molecule has 1 aliphatic rings. The van der Waals surface area contributed by atoms with Crippen molar-refractivity contribution in [2.45, 2.75) is 32.2 Å². The van der Waals surface area contributed by atoms with Crippen molar-refractivity contribution < 1.29 is 9.72 Å². The summed E-state index contributed by atoms with van der Waals surface area (Å²) in [6, 6.07) is 6.11. The van der Waals surface area contributed by atoms with Crippen LogP contribution in [0.2, 0.25) is 0 Å². The maximum atomic E-state index is 12.4. The molecule has 0 atom stereocenters. The van der Waals surface area contributed by atoms with Gasteiger partial charge in [0.15, 0.2) is 4.77 Å². The zero-order valence-corrected chi connectivity index (χ0v) is 15.8. The number of carbonyl (C=O) groups excluding carboxylic acids is 1. The van der Waals surface area contributed by atoms with Crippen LogP contribution < -0.4 is 0 Å². The van der Waals surface area contributed by atoms with E-state index in [9.17, 15) is 14.9 Å². The molecule has 1 fully saturated rings. The summed E-state index contributed by atoms with van der Waals surface area (Å²) in [4.78, 5) is 24.4. The summed E-state index contributed by atoms with van der Waals surface area (Å²) in [7, 11) is 0. The van der Waals surface area contributed by atoms with E-state index in [0.29, 0.717) is 23.8 Å². The molecule has 142 valence electrons. The number of rotatable bonds is 5. The summed E-state index contributed by atoms with van der Waals surface area (Å²) < 4.78 is 2.64. The summed E-state index contributed by atoms with van der Waals surface area (Å²) in [5.41, 5.74) is 0.785. The fraction of sp³-hybridized carbons (Fsp3) is 0.389. The van der Waals surface area contributed by atoms with Gasteiger partial charge in [-0.2, -0.15) is 5.10 Å². The molecule has 3 rings (SSSR count). The van der Waals surface area contributed by atoms with E-state index in [4.69, 9.17) is 12.2 Å². The van der Waals surface area contributed by atoms with E-state index in [2.05, 4.69) is 10.2 Å². The van der Waals surface area contributed by atoms with Gasteiger partial charge in [-0.3, -0.25) is 20.0 Å². The Balaban J connectivity index is 1.58. The molecule has 0 saturated carbocycles. The number of hydrogen-bond donors (Lipinski definition) is 1. The van der Waals surface area contributed by atoms with E-state index in [1.54, 1.807) is 18.2 Å². The van der Waals surface area contributed by atoms with E-state index in [1.165, 1.54) is 18.2 Å². The molecule has 1 aliphatic heterocycles. The molecule has 0 spiro atoms. The maximum Gasteiger partial charge on any atom is 0.269 e. The van der Waals surface area contributed by atoms with Crippen LogP contribution in [0.25, 0.3) is 6.08 Å². The van der Waals surface area contributed by atoms with Crippen LogP contribution in [0.3, 0.4) is 0 Å². The monoisotopic (exact) mass is 387 g/mol. The number of aromatic nitrogens is 3. The molecule has 2 heterocycles. The second kappa shape index (κ2) is 8.26. The predicted molar refractivity (Wildman–Crippen MR) is 104 cm³/mol. The van der Waals surface area contributed by atoms with Gasteiger partial charge in [0.25, 0.3) is 5.69 Å². The van der Waals surface area contributed by atoms with E-state index in [1.807, 2.05) is 16.4 Å². The number of nitro benzene ring substituents is 1. The molecule has 2 aromatic rings. The number of nitro groups is 1. The van der Waals surface area contributed by atoms with Crippen molar-refractivity contribution >= 4 is 29.9 Å². The molecular weight excluding hydrogens is 366 g/mol. The van der Waals surface area contributed by atoms with Crippen molar-refractivity contribution in [1.82, 2.24) is 19.7 Å². The first-order valence-corrected chi connectivity index (χ1v) is 9.27. The average Bonchev–Trinajstić information content (AvgIpc) is 3.07. The average molecular weight is 387 g/mol. The fourth-order valence-corrected chi connectivity index (χ4v) is 3.55. The summed E-state index contributed by atoms with van der Waals surface area (Å²) in [6.07, 6.45) is 4.89. The molecule has 0 aliphatic carbocycles. The van der Waals surface area contributed by atoms with Gasteiger partial charge >= 0.3 is 0 Å². The molecular formula is C18H21N5O3S. The summed E-state index contributed by atoms with van der Waals surface area (Å²) in [6.45, 7) is 4.15. The SMILES string of the molecule is CCn1c(C2CCN(C(=O)/C=C/c3ccc([N+](=O)[O-])cc3)CC2)n[nH]c1=S. The van der Waals surface area contributed by atoms with E-state index in [0.717, 1.165) is 30.8 Å². The van der Waals surface area contributed by atoms with Crippen LogP contribution in [0, 0.1) is 14.9 Å². The number of carbonyl (C=O) groups is 1. The Morgan fingerprint density at radius 3 is 2.63 bits per heavy atom. The molecule has 1 aromatic heterocycles. The Morgan fingerprint density at radius 2 is 2.04 bits per heavy atom. The van der Waals surface area contributed by atoms with Crippen LogP contribution in [0.5, 0.6) is 0 Å². The molecule has 0 radical (unpaired) electrons. The zero-order chi connectivity index (χ0) is 19.4. The highest BCUT2D eigenvalue weighted by Gasteiger charge is 2.26. The van der Waals surface area contributed by atoms with Gasteiger partial charge in [0.1, 0.15) is 5.82 Å². The normalized spacial score (nSPS) is 15.4. The standard InChI is InChI=1S/C18H21N5O3S/c1-2-22-17(19-20-18(22)27)14-9-11-21(12-10-14)16(24)8-5-13-3-6-15(7-4-13)23(25)26/h3-8,14H,2,9-12H2,1H3,(H,20,27)/b8-5+. The molecule has 27 heavy (non-hydrogen) atoms. The molecule has 1 saturated heterocycles. The Hall–Kier alpha value is -2.81. The summed E-state index contributed by atoms with van der Waals surface area (Å²) in [5.74, 6) is 1.21. The third-order valence-corrected chi connectivity index (χ3v) is 5.11. The Kier molecular flexibility index (Phi) is 5.80. The number of H-pyrrole nitrogens is 1. The maximum absolute atomic E-state index is 12.4. The predicted octanol–water partition coefficient (Wildman–Crippen LogP) is 3.29. The van der Waals surface area contributed by atoms with Crippen molar-refractivity contribution in [3.8, 4) is 0 Å². The number of aromatic amines is 1. The van der Waals surface area contributed by atoms with Gasteiger partial charge in [0.2, 0.25) is 5.91 Å². The lowest BCUT2D eigenvalue weighted by Gasteiger charge is -2.31. The van der Waals surface area contributed by atoms with Crippen molar-refractivity contribution in [2.24, 2.45) is 0 Å². The molecule has 1 N–H and O–H groups in total. The lowest BCUT2D eigenvalue weighted by atomic mass is 9.96. The van der Waals surface area contributed by atoms with E-state index in [-0.39, 0.29) is 11.6 Å².